The molecule has 1 heterocycles. The van der Waals surface area contributed by atoms with E-state index >= 15 is 0 Å². The van der Waals surface area contributed by atoms with Crippen LogP contribution in [0.5, 0.6) is 11.6 Å². The summed E-state index contributed by atoms with van der Waals surface area (Å²) >= 11 is 0. The van der Waals surface area contributed by atoms with Crippen LogP contribution in [-0.2, 0) is 11.2 Å². The van der Waals surface area contributed by atoms with Crippen LogP contribution in [-0.4, -0.2) is 33.7 Å². The van der Waals surface area contributed by atoms with Crippen molar-refractivity contribution in [2.24, 2.45) is 0 Å². The molecule has 152 valence electrons. The number of para-hydroxylation sites is 1. The first-order valence-corrected chi connectivity index (χ1v) is 9.88. The van der Waals surface area contributed by atoms with Gasteiger partial charge in [-0.25, -0.2) is 9.07 Å². The minimum absolute atomic E-state index is 0.0959. The first-order valence-electron chi connectivity index (χ1n) is 9.88. The Morgan fingerprint density at radius 1 is 1.10 bits per heavy atom. The molecule has 0 aliphatic carbocycles. The molecule has 0 aliphatic heterocycles. The van der Waals surface area contributed by atoms with Crippen molar-refractivity contribution in [3.8, 4) is 17.3 Å². The molecule has 0 aliphatic rings. The van der Waals surface area contributed by atoms with Crippen LogP contribution in [0.3, 0.4) is 0 Å². The first-order chi connectivity index (χ1) is 14.0. The molecule has 2 aromatic carbocycles. The van der Waals surface area contributed by atoms with E-state index < -0.39 is 0 Å². The number of benzene rings is 2. The maximum Gasteiger partial charge on any atom is 0.226 e. The molecule has 3 rings (SSSR count). The standard InChI is InChI=1S/C23H26FN3O2/c1-4-26(5-2)22(28)15-14-21-17(3)25-27(19-11-7-6-8-12-19)23(21)29-20-13-9-10-18(24)16-20/h6-13,16H,4-5,14-15H2,1-3H3. The van der Waals surface area contributed by atoms with Crippen molar-refractivity contribution in [1.29, 1.82) is 0 Å². The second kappa shape index (κ2) is 9.37. The topological polar surface area (TPSA) is 47.4 Å². The summed E-state index contributed by atoms with van der Waals surface area (Å²) in [6.07, 6.45) is 0.862. The van der Waals surface area contributed by atoms with Gasteiger partial charge in [0.25, 0.3) is 0 Å². The first kappa shape index (κ1) is 20.6. The fraction of sp³-hybridized carbons (Fsp3) is 0.304. The number of halogens is 1. The van der Waals surface area contributed by atoms with Crippen molar-refractivity contribution < 1.29 is 13.9 Å². The largest absolute Gasteiger partial charge is 0.439 e. The Morgan fingerprint density at radius 2 is 1.83 bits per heavy atom. The smallest absolute Gasteiger partial charge is 0.226 e. The number of ether oxygens (including phenoxy) is 1. The Balaban J connectivity index is 1.96. The van der Waals surface area contributed by atoms with Gasteiger partial charge < -0.3 is 9.64 Å². The lowest BCUT2D eigenvalue weighted by atomic mass is 10.1. The third-order valence-corrected chi connectivity index (χ3v) is 4.85. The minimum Gasteiger partial charge on any atom is -0.439 e. The van der Waals surface area contributed by atoms with Crippen LogP contribution in [0, 0.1) is 12.7 Å². The highest BCUT2D eigenvalue weighted by Crippen LogP contribution is 2.31. The van der Waals surface area contributed by atoms with Crippen LogP contribution in [0.1, 0.15) is 31.5 Å². The molecule has 3 aromatic rings. The molecular weight excluding hydrogens is 369 g/mol. The molecule has 0 saturated carbocycles. The van der Waals surface area contributed by atoms with Gasteiger partial charge >= 0.3 is 0 Å². The highest BCUT2D eigenvalue weighted by atomic mass is 19.1. The zero-order chi connectivity index (χ0) is 20.8. The lowest BCUT2D eigenvalue weighted by Crippen LogP contribution is -2.30. The molecular formula is C23H26FN3O2. The van der Waals surface area contributed by atoms with Crippen molar-refractivity contribution in [3.05, 3.63) is 71.7 Å². The third kappa shape index (κ3) is 4.83. The monoisotopic (exact) mass is 395 g/mol. The van der Waals surface area contributed by atoms with Crippen LogP contribution >= 0.6 is 0 Å². The predicted molar refractivity (Wildman–Crippen MR) is 111 cm³/mol. The number of carbonyl (C=O) groups is 1. The van der Waals surface area contributed by atoms with Crippen LogP contribution in [0.15, 0.2) is 54.6 Å². The predicted octanol–water partition coefficient (Wildman–Crippen LogP) is 4.91. The van der Waals surface area contributed by atoms with E-state index in [4.69, 9.17) is 4.74 Å². The summed E-state index contributed by atoms with van der Waals surface area (Å²) in [5, 5.41) is 4.64. The minimum atomic E-state index is -0.372. The zero-order valence-electron chi connectivity index (χ0n) is 17.1. The summed E-state index contributed by atoms with van der Waals surface area (Å²) in [5.74, 6) is 0.617. The van der Waals surface area contributed by atoms with E-state index in [1.54, 1.807) is 16.8 Å². The summed E-state index contributed by atoms with van der Waals surface area (Å²) < 4.78 is 21.5. The number of hydrogen-bond acceptors (Lipinski definition) is 3. The highest BCUT2D eigenvalue weighted by Gasteiger charge is 2.21. The summed E-state index contributed by atoms with van der Waals surface area (Å²) in [6, 6.07) is 15.6. The molecule has 1 amide bonds. The summed E-state index contributed by atoms with van der Waals surface area (Å²) in [6.45, 7) is 7.21. The third-order valence-electron chi connectivity index (χ3n) is 4.85. The number of amides is 1. The summed E-state index contributed by atoms with van der Waals surface area (Å²) in [5.41, 5.74) is 2.47. The fourth-order valence-electron chi connectivity index (χ4n) is 3.28. The zero-order valence-corrected chi connectivity index (χ0v) is 17.1. The van der Waals surface area contributed by atoms with E-state index in [1.807, 2.05) is 56.0 Å². The van der Waals surface area contributed by atoms with Gasteiger partial charge in [0.15, 0.2) is 0 Å². The van der Waals surface area contributed by atoms with E-state index in [9.17, 15) is 9.18 Å². The second-order valence-electron chi connectivity index (χ2n) is 6.74. The Kier molecular flexibility index (Phi) is 6.65. The van der Waals surface area contributed by atoms with Gasteiger partial charge in [0.2, 0.25) is 11.8 Å². The molecule has 6 heteroatoms. The number of hydrogen-bond donors (Lipinski definition) is 0. The van der Waals surface area contributed by atoms with Gasteiger partial charge in [0.05, 0.1) is 11.4 Å². The number of carbonyl (C=O) groups excluding carboxylic acids is 1. The molecule has 0 atom stereocenters. The van der Waals surface area contributed by atoms with Crippen LogP contribution in [0.2, 0.25) is 0 Å². The van der Waals surface area contributed by atoms with Gasteiger partial charge in [-0.05, 0) is 51.5 Å². The molecule has 0 bridgehead atoms. The molecule has 0 fully saturated rings. The SMILES string of the molecule is CCN(CC)C(=O)CCc1c(C)nn(-c2ccccc2)c1Oc1cccc(F)c1. The van der Waals surface area contributed by atoms with Gasteiger partial charge in [-0.15, -0.1) is 0 Å². The molecule has 1 aromatic heterocycles. The average molecular weight is 395 g/mol. The maximum atomic E-state index is 13.7. The van der Waals surface area contributed by atoms with E-state index in [0.717, 1.165) is 16.9 Å². The quantitative estimate of drug-likeness (QED) is 0.544. The average Bonchev–Trinajstić information content (AvgIpc) is 3.03. The van der Waals surface area contributed by atoms with Gasteiger partial charge in [-0.2, -0.15) is 5.10 Å². The number of nitrogens with zero attached hydrogens (tertiary/aromatic N) is 3. The lowest BCUT2D eigenvalue weighted by molar-refractivity contribution is -0.130. The lowest BCUT2D eigenvalue weighted by Gasteiger charge is -2.18. The van der Waals surface area contributed by atoms with Gasteiger partial charge in [0.1, 0.15) is 11.6 Å². The Hall–Kier alpha value is -3.15. The second-order valence-corrected chi connectivity index (χ2v) is 6.74. The van der Waals surface area contributed by atoms with Gasteiger partial charge in [-0.1, -0.05) is 24.3 Å². The van der Waals surface area contributed by atoms with Crippen molar-refractivity contribution in [2.45, 2.75) is 33.6 Å². The number of aryl methyl sites for hydroxylation is 1. The normalized spacial score (nSPS) is 10.8. The molecule has 0 N–H and O–H groups in total. The highest BCUT2D eigenvalue weighted by molar-refractivity contribution is 5.76. The molecule has 0 radical (unpaired) electrons. The molecule has 0 unspecified atom stereocenters. The Bertz CT molecular complexity index is 966. The molecule has 29 heavy (non-hydrogen) atoms. The van der Waals surface area contributed by atoms with Gasteiger partial charge in [0, 0.05) is 31.1 Å². The molecule has 0 spiro atoms. The van der Waals surface area contributed by atoms with Crippen LogP contribution in [0.25, 0.3) is 5.69 Å². The van der Waals surface area contributed by atoms with Crippen LogP contribution < -0.4 is 4.74 Å². The molecule has 5 nitrogen and oxygen atoms in total. The molecule has 0 saturated heterocycles. The summed E-state index contributed by atoms with van der Waals surface area (Å²) in [7, 11) is 0. The van der Waals surface area contributed by atoms with Crippen LogP contribution in [0.4, 0.5) is 4.39 Å². The number of rotatable bonds is 8. The maximum absolute atomic E-state index is 13.7. The fourth-order valence-corrected chi connectivity index (χ4v) is 3.28. The van der Waals surface area contributed by atoms with Gasteiger partial charge in [-0.3, -0.25) is 4.79 Å². The van der Waals surface area contributed by atoms with Crippen molar-refractivity contribution in [1.82, 2.24) is 14.7 Å². The van der Waals surface area contributed by atoms with E-state index in [0.29, 0.717) is 37.6 Å². The van der Waals surface area contributed by atoms with Crippen molar-refractivity contribution >= 4 is 5.91 Å². The Morgan fingerprint density at radius 3 is 2.48 bits per heavy atom. The van der Waals surface area contributed by atoms with Crippen molar-refractivity contribution in [2.75, 3.05) is 13.1 Å². The van der Waals surface area contributed by atoms with E-state index in [2.05, 4.69) is 5.10 Å². The van der Waals surface area contributed by atoms with E-state index in [1.165, 1.54) is 12.1 Å². The Labute approximate surface area is 170 Å². The van der Waals surface area contributed by atoms with Crippen molar-refractivity contribution in [3.63, 3.8) is 0 Å². The number of aromatic nitrogens is 2. The van der Waals surface area contributed by atoms with E-state index in [-0.39, 0.29) is 11.7 Å². The summed E-state index contributed by atoms with van der Waals surface area (Å²) in [4.78, 5) is 14.3.